The molecule has 0 saturated heterocycles. The summed E-state index contributed by atoms with van der Waals surface area (Å²) in [5.74, 6) is -1.44. The molecule has 26 valence electrons. The SMILES string of the molecule is N#CC(=O)O.[Na+].[Na+]. The zero-order valence-electron chi connectivity index (χ0n) is 4.30. The number of nitriles is 1. The van der Waals surface area contributed by atoms with Gasteiger partial charge in [0, 0.05) is 0 Å². The summed E-state index contributed by atoms with van der Waals surface area (Å²) < 4.78 is 0. The van der Waals surface area contributed by atoms with Crippen LogP contribution < -0.4 is 59.1 Å². The van der Waals surface area contributed by atoms with Crippen molar-refractivity contribution in [1.82, 2.24) is 0 Å². The Morgan fingerprint density at radius 2 is 1.71 bits per heavy atom. The van der Waals surface area contributed by atoms with Crippen LogP contribution in [-0.4, -0.2) is 11.1 Å². The molecule has 0 rings (SSSR count). The van der Waals surface area contributed by atoms with E-state index in [1.54, 1.807) is 0 Å². The third kappa shape index (κ3) is 19.5. The maximum Gasteiger partial charge on any atom is 1.00 e. The van der Waals surface area contributed by atoms with Crippen molar-refractivity contribution < 1.29 is 69.0 Å². The molecule has 0 atom stereocenters. The number of carboxylic acids is 1. The molecular weight excluding hydrogens is 116 g/mol. The zero-order chi connectivity index (χ0) is 4.28. The molecule has 0 aliphatic rings. The molecule has 0 aliphatic carbocycles. The van der Waals surface area contributed by atoms with E-state index in [0.717, 1.165) is 6.07 Å². The molecule has 0 heterocycles. The molecule has 0 aromatic rings. The molecular formula is C2HNNa2O2+2. The van der Waals surface area contributed by atoms with Crippen LogP contribution in [0.25, 0.3) is 0 Å². The zero-order valence-corrected chi connectivity index (χ0v) is 8.30. The molecule has 1 N–H and O–H groups in total. The first-order valence-electron chi connectivity index (χ1n) is 0.901. The van der Waals surface area contributed by atoms with Gasteiger partial charge >= 0.3 is 65.1 Å². The monoisotopic (exact) mass is 117 g/mol. The second kappa shape index (κ2) is 10.0. The Hall–Kier alpha value is 0.960. The molecule has 0 fully saturated rings. The number of hydrogen-bond donors (Lipinski definition) is 1. The molecule has 0 spiro atoms. The van der Waals surface area contributed by atoms with E-state index in [4.69, 9.17) is 15.2 Å². The van der Waals surface area contributed by atoms with Gasteiger partial charge in [0.05, 0.1) is 0 Å². The molecule has 0 aromatic carbocycles. The predicted molar refractivity (Wildman–Crippen MR) is 13.2 cm³/mol. The van der Waals surface area contributed by atoms with Crippen molar-refractivity contribution >= 4 is 5.97 Å². The van der Waals surface area contributed by atoms with E-state index in [1.807, 2.05) is 0 Å². The van der Waals surface area contributed by atoms with Gasteiger partial charge in [0.15, 0.2) is 6.07 Å². The minimum absolute atomic E-state index is 0. The molecule has 0 aromatic heterocycles. The fourth-order valence-electron chi connectivity index (χ4n) is 0. The number of carbonyl (C=O) groups is 1. The average Bonchev–Trinajstić information content (AvgIpc) is 1.38. The van der Waals surface area contributed by atoms with Crippen molar-refractivity contribution in [3.63, 3.8) is 0 Å². The Kier molecular flexibility index (Phi) is 22.5. The number of nitrogens with zero attached hydrogens (tertiary/aromatic N) is 1. The van der Waals surface area contributed by atoms with Crippen LogP contribution in [0.4, 0.5) is 0 Å². The molecule has 0 bridgehead atoms. The normalized spacial score (nSPS) is 3.86. The third-order valence-electron chi connectivity index (χ3n) is 0.0956. The summed E-state index contributed by atoms with van der Waals surface area (Å²) in [5.41, 5.74) is 0. The average molecular weight is 117 g/mol. The summed E-state index contributed by atoms with van der Waals surface area (Å²) >= 11 is 0. The summed E-state index contributed by atoms with van der Waals surface area (Å²) in [5, 5.41) is 14.7. The Balaban J connectivity index is -0.0000000800. The van der Waals surface area contributed by atoms with Crippen molar-refractivity contribution in [2.24, 2.45) is 0 Å². The van der Waals surface area contributed by atoms with Gasteiger partial charge in [-0.2, -0.15) is 5.26 Å². The molecule has 7 heavy (non-hydrogen) atoms. The molecule has 0 unspecified atom stereocenters. The molecule has 0 aliphatic heterocycles. The minimum atomic E-state index is -1.44. The summed E-state index contributed by atoms with van der Waals surface area (Å²) in [6.45, 7) is 0. The summed E-state index contributed by atoms with van der Waals surface area (Å²) in [6, 6.07) is 0.944. The molecule has 0 radical (unpaired) electrons. The van der Waals surface area contributed by atoms with E-state index in [-0.39, 0.29) is 59.1 Å². The maximum absolute atomic E-state index is 9.01. The van der Waals surface area contributed by atoms with E-state index in [1.165, 1.54) is 0 Å². The van der Waals surface area contributed by atoms with Crippen LogP contribution in [0.1, 0.15) is 0 Å². The van der Waals surface area contributed by atoms with E-state index in [0.29, 0.717) is 0 Å². The minimum Gasteiger partial charge on any atom is -0.470 e. The number of hydrogen-bond acceptors (Lipinski definition) is 2. The number of rotatable bonds is 0. The Morgan fingerprint density at radius 3 is 1.71 bits per heavy atom. The summed E-state index contributed by atoms with van der Waals surface area (Å²) in [4.78, 5) is 9.01. The van der Waals surface area contributed by atoms with Gasteiger partial charge in [-0.3, -0.25) is 0 Å². The van der Waals surface area contributed by atoms with Crippen LogP contribution in [0.3, 0.4) is 0 Å². The predicted octanol–water partition coefficient (Wildman–Crippen LogP) is -6.40. The number of aliphatic carboxylic acids is 1. The maximum atomic E-state index is 9.01. The van der Waals surface area contributed by atoms with Gasteiger partial charge in [0.1, 0.15) is 0 Å². The summed E-state index contributed by atoms with van der Waals surface area (Å²) in [6.07, 6.45) is 0. The fraction of sp³-hybridized carbons (Fsp3) is 0. The van der Waals surface area contributed by atoms with Gasteiger partial charge in [-0.05, 0) is 0 Å². The third-order valence-corrected chi connectivity index (χ3v) is 0.0956. The van der Waals surface area contributed by atoms with Crippen molar-refractivity contribution in [3.05, 3.63) is 0 Å². The Labute approximate surface area is 85.3 Å². The van der Waals surface area contributed by atoms with Gasteiger partial charge in [-0.1, -0.05) is 0 Å². The van der Waals surface area contributed by atoms with Crippen molar-refractivity contribution in [3.8, 4) is 6.07 Å². The number of carboxylic acid groups (broad SMARTS) is 1. The van der Waals surface area contributed by atoms with E-state index in [2.05, 4.69) is 0 Å². The molecule has 0 saturated carbocycles. The van der Waals surface area contributed by atoms with Crippen LogP contribution in [-0.2, 0) is 4.79 Å². The standard InChI is InChI=1S/C2HNO2.2Na/c3-1-2(4)5;;/h(H,4,5);;/q;2*+1. The Bertz CT molecular complexity index is 86.2. The van der Waals surface area contributed by atoms with Crippen LogP contribution in [0.2, 0.25) is 0 Å². The quantitative estimate of drug-likeness (QED) is 0.195. The van der Waals surface area contributed by atoms with Crippen LogP contribution in [0.15, 0.2) is 0 Å². The van der Waals surface area contributed by atoms with Crippen molar-refractivity contribution in [2.45, 2.75) is 0 Å². The smallest absolute Gasteiger partial charge is 0.470 e. The molecule has 5 heteroatoms. The van der Waals surface area contributed by atoms with Gasteiger partial charge < -0.3 is 5.11 Å². The van der Waals surface area contributed by atoms with E-state index >= 15 is 0 Å². The summed E-state index contributed by atoms with van der Waals surface area (Å²) in [7, 11) is 0. The fourth-order valence-corrected chi connectivity index (χ4v) is 0. The van der Waals surface area contributed by atoms with E-state index < -0.39 is 5.97 Å². The van der Waals surface area contributed by atoms with Gasteiger partial charge in [-0.25, -0.2) is 4.79 Å². The van der Waals surface area contributed by atoms with E-state index in [9.17, 15) is 0 Å². The van der Waals surface area contributed by atoms with Crippen molar-refractivity contribution in [2.75, 3.05) is 0 Å². The van der Waals surface area contributed by atoms with Crippen LogP contribution in [0.5, 0.6) is 0 Å². The van der Waals surface area contributed by atoms with Gasteiger partial charge in [0.25, 0.3) is 0 Å². The Morgan fingerprint density at radius 1 is 1.57 bits per heavy atom. The van der Waals surface area contributed by atoms with Gasteiger partial charge in [0.2, 0.25) is 0 Å². The van der Waals surface area contributed by atoms with Gasteiger partial charge in [-0.15, -0.1) is 0 Å². The topological polar surface area (TPSA) is 61.1 Å². The second-order valence-corrected chi connectivity index (χ2v) is 0.417. The van der Waals surface area contributed by atoms with Crippen LogP contribution >= 0.6 is 0 Å². The first kappa shape index (κ1) is 15.7. The molecule has 0 amide bonds. The largest absolute Gasteiger partial charge is 1.00 e. The first-order valence-corrected chi connectivity index (χ1v) is 0.901. The van der Waals surface area contributed by atoms with Crippen LogP contribution in [0, 0.1) is 11.3 Å². The van der Waals surface area contributed by atoms with Crippen molar-refractivity contribution in [1.29, 1.82) is 5.26 Å². The first-order chi connectivity index (χ1) is 2.27. The second-order valence-electron chi connectivity index (χ2n) is 0.417. The molecule has 3 nitrogen and oxygen atoms in total.